The zero-order chi connectivity index (χ0) is 14.1. The van der Waals surface area contributed by atoms with Gasteiger partial charge < -0.3 is 0 Å². The average molecular weight is 329 g/mol. The number of ketones is 1. The van der Waals surface area contributed by atoms with Gasteiger partial charge in [0, 0.05) is 24.6 Å². The number of aromatic nitrogens is 1. The molecule has 20 heavy (non-hydrogen) atoms. The van der Waals surface area contributed by atoms with Gasteiger partial charge in [-0.1, -0.05) is 17.7 Å². The van der Waals surface area contributed by atoms with Crippen LogP contribution in [0.1, 0.15) is 23.1 Å². The Morgan fingerprint density at radius 3 is 2.80 bits per heavy atom. The maximum absolute atomic E-state index is 12.1. The Hall–Kier alpha value is -1.81. The summed E-state index contributed by atoms with van der Waals surface area (Å²) in [5, 5.41) is 0. The summed E-state index contributed by atoms with van der Waals surface area (Å²) in [4.78, 5) is 20.9. The van der Waals surface area contributed by atoms with Gasteiger partial charge in [-0.3, -0.25) is 9.79 Å². The molecule has 0 radical (unpaired) electrons. The largest absolute Gasteiger partial charge is 0.299 e. The van der Waals surface area contributed by atoms with Gasteiger partial charge >= 0.3 is 0 Å². The van der Waals surface area contributed by atoms with E-state index in [1.54, 1.807) is 6.20 Å². The van der Waals surface area contributed by atoms with Crippen molar-refractivity contribution in [3.8, 4) is 0 Å². The normalized spacial score (nSPS) is 14.5. The first-order chi connectivity index (χ1) is 9.61. The molecule has 1 aliphatic rings. The third-order valence-electron chi connectivity index (χ3n) is 3.30. The summed E-state index contributed by atoms with van der Waals surface area (Å²) >= 11 is 3.35. The van der Waals surface area contributed by atoms with Crippen molar-refractivity contribution < 1.29 is 4.79 Å². The van der Waals surface area contributed by atoms with Crippen molar-refractivity contribution in [1.82, 2.24) is 4.98 Å². The summed E-state index contributed by atoms with van der Waals surface area (Å²) in [7, 11) is 0. The second kappa shape index (κ2) is 5.29. The molecule has 3 rings (SSSR count). The number of Topliss-reactive ketones (excluding diaryl/α,β-unsaturated/α-hetero) is 1. The number of aryl methyl sites for hydroxylation is 1. The van der Waals surface area contributed by atoms with Gasteiger partial charge in [0.15, 0.2) is 0 Å². The lowest BCUT2D eigenvalue weighted by Gasteiger charge is -2.04. The molecule has 0 amide bonds. The number of halogens is 1. The summed E-state index contributed by atoms with van der Waals surface area (Å²) < 4.78 is 0.749. The number of aliphatic imine (C=N–C) groups is 1. The Morgan fingerprint density at radius 1 is 1.15 bits per heavy atom. The van der Waals surface area contributed by atoms with Crippen LogP contribution in [0.5, 0.6) is 0 Å². The maximum Gasteiger partial charge on any atom is 0.143 e. The smallest absolute Gasteiger partial charge is 0.143 e. The zero-order valence-corrected chi connectivity index (χ0v) is 12.6. The molecule has 0 bridgehead atoms. The predicted molar refractivity (Wildman–Crippen MR) is 82.6 cm³/mol. The van der Waals surface area contributed by atoms with Crippen LogP contribution in [0.2, 0.25) is 0 Å². The monoisotopic (exact) mass is 328 g/mol. The molecule has 1 aromatic carbocycles. The Labute approximate surface area is 125 Å². The summed E-state index contributed by atoms with van der Waals surface area (Å²) in [5.41, 5.74) is 4.80. The predicted octanol–water partition coefficient (Wildman–Crippen LogP) is 3.79. The summed E-state index contributed by atoms with van der Waals surface area (Å²) in [6.07, 6.45) is 2.54. The average Bonchev–Trinajstić information content (AvgIpc) is 2.56. The third kappa shape index (κ3) is 2.70. The van der Waals surface area contributed by atoms with Gasteiger partial charge in [0.1, 0.15) is 10.4 Å². The van der Waals surface area contributed by atoms with E-state index >= 15 is 0 Å². The van der Waals surface area contributed by atoms with Gasteiger partial charge in [0.05, 0.1) is 11.4 Å². The molecule has 0 spiro atoms. The lowest BCUT2D eigenvalue weighted by atomic mass is 10.0. The fraction of sp³-hybridized carbons (Fsp3) is 0.188. The van der Waals surface area contributed by atoms with E-state index in [-0.39, 0.29) is 5.78 Å². The Bertz CT molecular complexity index is 722. The quantitative estimate of drug-likeness (QED) is 0.747. The van der Waals surface area contributed by atoms with E-state index < -0.39 is 0 Å². The number of carbonyl (C=O) groups is 1. The molecule has 0 atom stereocenters. The Morgan fingerprint density at radius 2 is 2.00 bits per heavy atom. The molecule has 2 aromatic rings. The Kier molecular flexibility index (Phi) is 3.49. The summed E-state index contributed by atoms with van der Waals surface area (Å²) in [6, 6.07) is 9.83. The minimum Gasteiger partial charge on any atom is -0.299 e. The molecule has 0 N–H and O–H groups in total. The molecule has 2 heterocycles. The van der Waals surface area contributed by atoms with Crippen molar-refractivity contribution in [3.05, 3.63) is 57.8 Å². The van der Waals surface area contributed by atoms with Gasteiger partial charge in [0.25, 0.3) is 0 Å². The zero-order valence-electron chi connectivity index (χ0n) is 11.1. The van der Waals surface area contributed by atoms with Crippen molar-refractivity contribution in [2.24, 2.45) is 4.99 Å². The van der Waals surface area contributed by atoms with Crippen molar-refractivity contribution in [2.45, 2.75) is 19.8 Å². The van der Waals surface area contributed by atoms with Crippen LogP contribution < -0.4 is 0 Å². The second-order valence-electron chi connectivity index (χ2n) is 4.95. The van der Waals surface area contributed by atoms with Crippen LogP contribution in [-0.2, 0) is 11.2 Å². The number of rotatable bonds is 1. The highest BCUT2D eigenvalue weighted by Gasteiger charge is 2.18. The number of nitrogens with zero attached hydrogens (tertiary/aromatic N) is 2. The Balaban J connectivity index is 2.11. The minimum absolute atomic E-state index is 0.195. The molecule has 0 saturated carbocycles. The molecule has 3 nitrogen and oxygen atoms in total. The minimum atomic E-state index is 0.195. The maximum atomic E-state index is 12.1. The first-order valence-electron chi connectivity index (χ1n) is 6.42. The molecule has 0 unspecified atom stereocenters. The van der Waals surface area contributed by atoms with Gasteiger partial charge in [-0.2, -0.15) is 0 Å². The van der Waals surface area contributed by atoms with Crippen LogP contribution in [0.3, 0.4) is 0 Å². The van der Waals surface area contributed by atoms with E-state index in [4.69, 9.17) is 0 Å². The van der Waals surface area contributed by atoms with Crippen molar-refractivity contribution in [2.75, 3.05) is 0 Å². The first-order valence-corrected chi connectivity index (χ1v) is 7.22. The van der Waals surface area contributed by atoms with Gasteiger partial charge in [0.2, 0.25) is 0 Å². The second-order valence-corrected chi connectivity index (χ2v) is 5.76. The van der Waals surface area contributed by atoms with Gasteiger partial charge in [-0.15, -0.1) is 0 Å². The number of hydrogen-bond donors (Lipinski definition) is 0. The number of hydrogen-bond acceptors (Lipinski definition) is 3. The third-order valence-corrected chi connectivity index (χ3v) is 3.74. The molecule has 1 aliphatic heterocycles. The molecule has 1 aromatic heterocycles. The SMILES string of the molecule is Cc1ccc2c(c1)CC(=O)CC(c1ccnc(Br)c1)=N2. The highest BCUT2D eigenvalue weighted by atomic mass is 79.9. The van der Waals surface area contributed by atoms with Crippen LogP contribution in [0.15, 0.2) is 46.1 Å². The number of pyridine rings is 1. The van der Waals surface area contributed by atoms with Crippen molar-refractivity contribution >= 4 is 33.1 Å². The van der Waals surface area contributed by atoms with Crippen molar-refractivity contribution in [3.63, 3.8) is 0 Å². The lowest BCUT2D eigenvalue weighted by molar-refractivity contribution is -0.117. The first kappa shape index (κ1) is 13.2. The fourth-order valence-corrected chi connectivity index (χ4v) is 2.72. The molecular formula is C16H13BrN2O. The molecule has 100 valence electrons. The number of carbonyl (C=O) groups excluding carboxylic acids is 1. The van der Waals surface area contributed by atoms with Crippen molar-refractivity contribution in [1.29, 1.82) is 0 Å². The topological polar surface area (TPSA) is 42.3 Å². The van der Waals surface area contributed by atoms with Crippen LogP contribution in [0.25, 0.3) is 0 Å². The van der Waals surface area contributed by atoms with Crippen LogP contribution in [0, 0.1) is 6.92 Å². The van der Waals surface area contributed by atoms with E-state index in [1.165, 1.54) is 0 Å². The fourth-order valence-electron chi connectivity index (χ4n) is 2.36. The van der Waals surface area contributed by atoms with E-state index in [1.807, 2.05) is 37.3 Å². The van der Waals surface area contributed by atoms with E-state index in [0.29, 0.717) is 12.8 Å². The van der Waals surface area contributed by atoms with E-state index in [0.717, 1.165) is 32.7 Å². The van der Waals surface area contributed by atoms with Crippen LogP contribution in [-0.4, -0.2) is 16.5 Å². The number of benzene rings is 1. The highest BCUT2D eigenvalue weighted by molar-refractivity contribution is 9.10. The molecule has 0 aliphatic carbocycles. The highest BCUT2D eigenvalue weighted by Crippen LogP contribution is 2.27. The van der Waals surface area contributed by atoms with E-state index in [9.17, 15) is 4.79 Å². The summed E-state index contributed by atoms with van der Waals surface area (Å²) in [5.74, 6) is 0.195. The van der Waals surface area contributed by atoms with E-state index in [2.05, 4.69) is 25.9 Å². The molecule has 4 heteroatoms. The molecule has 0 saturated heterocycles. The van der Waals surface area contributed by atoms with Crippen LogP contribution >= 0.6 is 15.9 Å². The summed E-state index contributed by atoms with van der Waals surface area (Å²) in [6.45, 7) is 2.03. The number of fused-ring (bicyclic) bond motifs is 1. The van der Waals surface area contributed by atoms with Gasteiger partial charge in [-0.25, -0.2) is 4.98 Å². The molecule has 0 fully saturated rings. The standard InChI is InChI=1S/C16H13BrN2O/c1-10-2-3-14-12(6-10)7-13(20)9-15(19-14)11-4-5-18-16(17)8-11/h2-6,8H,7,9H2,1H3. The lowest BCUT2D eigenvalue weighted by Crippen LogP contribution is -2.09. The van der Waals surface area contributed by atoms with Crippen LogP contribution in [0.4, 0.5) is 5.69 Å². The molecular weight excluding hydrogens is 316 g/mol. The van der Waals surface area contributed by atoms with Gasteiger partial charge in [-0.05, 0) is 46.6 Å².